The lowest BCUT2D eigenvalue weighted by Gasteiger charge is -2.01. The highest BCUT2D eigenvalue weighted by Gasteiger charge is 2.13. The third-order valence-electron chi connectivity index (χ3n) is 2.82. The number of hydrogen-bond donors (Lipinski definition) is 0. The maximum atomic E-state index is 12.0. The first-order valence-corrected chi connectivity index (χ1v) is 6.45. The van der Waals surface area contributed by atoms with E-state index in [9.17, 15) is 9.59 Å². The molecule has 0 aliphatic rings. The number of ether oxygens (including phenoxy) is 1. The maximum Gasteiger partial charge on any atom is 0.338 e. The minimum absolute atomic E-state index is 0. The van der Waals surface area contributed by atoms with Gasteiger partial charge in [0.1, 0.15) is 0 Å². The number of Topliss-reactive ketones (excluding diaryl/α,β-unsaturated/α-hetero) is 1. The Kier molecular flexibility index (Phi) is 6.75. The molecule has 4 nitrogen and oxygen atoms in total. The Morgan fingerprint density at radius 3 is 2.19 bits per heavy atom. The average molecular weight is 350 g/mol. The van der Waals surface area contributed by atoms with Crippen LogP contribution in [0.5, 0.6) is 0 Å². The minimum Gasteiger partial charge on any atom is -1.00 e. The van der Waals surface area contributed by atoms with Gasteiger partial charge in [-0.3, -0.25) is 4.79 Å². The highest BCUT2D eigenvalue weighted by Crippen LogP contribution is 2.01. The molecule has 0 amide bonds. The summed E-state index contributed by atoms with van der Waals surface area (Å²) in [5, 5.41) is 0. The molecule has 21 heavy (non-hydrogen) atoms. The molecule has 2 aromatic rings. The van der Waals surface area contributed by atoms with E-state index in [2.05, 4.69) is 0 Å². The van der Waals surface area contributed by atoms with Crippen LogP contribution in [0.25, 0.3) is 0 Å². The molecule has 0 atom stereocenters. The Bertz CT molecular complexity index is 597. The summed E-state index contributed by atoms with van der Waals surface area (Å²) >= 11 is 0. The highest BCUT2D eigenvalue weighted by atomic mass is 79.9. The van der Waals surface area contributed by atoms with Crippen molar-refractivity contribution in [2.75, 3.05) is 6.61 Å². The van der Waals surface area contributed by atoms with E-state index in [-0.39, 0.29) is 35.3 Å². The normalized spacial score (nSPS) is 9.57. The van der Waals surface area contributed by atoms with Gasteiger partial charge in [0.2, 0.25) is 12.3 Å². The number of esters is 1. The van der Waals surface area contributed by atoms with Crippen molar-refractivity contribution in [2.45, 2.75) is 13.5 Å². The Morgan fingerprint density at radius 2 is 1.62 bits per heavy atom. The van der Waals surface area contributed by atoms with E-state index < -0.39 is 0 Å². The molecule has 0 radical (unpaired) electrons. The number of hydrogen-bond acceptors (Lipinski definition) is 3. The molecule has 0 N–H and O–H groups in total. The van der Waals surface area contributed by atoms with Crippen molar-refractivity contribution in [3.8, 4) is 0 Å². The van der Waals surface area contributed by atoms with Gasteiger partial charge in [0, 0.05) is 17.7 Å². The predicted octanol–water partition coefficient (Wildman–Crippen LogP) is -0.962. The van der Waals surface area contributed by atoms with Crippen LogP contribution in [-0.2, 0) is 11.3 Å². The Balaban J connectivity index is 0.00000220. The summed E-state index contributed by atoms with van der Waals surface area (Å²) in [4.78, 5) is 23.5. The van der Waals surface area contributed by atoms with Gasteiger partial charge in [0.15, 0.2) is 12.4 Å². The van der Waals surface area contributed by atoms with E-state index in [0.29, 0.717) is 17.7 Å². The fourth-order valence-electron chi connectivity index (χ4n) is 1.79. The van der Waals surface area contributed by atoms with Crippen molar-refractivity contribution in [3.63, 3.8) is 0 Å². The van der Waals surface area contributed by atoms with E-state index in [1.807, 2.05) is 18.2 Å². The molecular formula is C16H16BrNO3. The first kappa shape index (κ1) is 17.0. The molecule has 2 rings (SSSR count). The summed E-state index contributed by atoms with van der Waals surface area (Å²) in [5.41, 5.74) is 1.16. The molecule has 0 aliphatic heterocycles. The van der Waals surface area contributed by atoms with Gasteiger partial charge in [0.05, 0.1) is 12.2 Å². The Morgan fingerprint density at radius 1 is 1.00 bits per heavy atom. The van der Waals surface area contributed by atoms with Crippen LogP contribution in [0, 0.1) is 0 Å². The number of carbonyl (C=O) groups is 2. The molecular weight excluding hydrogens is 334 g/mol. The standard InChI is InChI=1S/C16H16NO3.BrH/c1-2-20-16(19)14-8-10-17(11-9-14)12-15(18)13-6-4-3-5-7-13;/h3-11H,2,12H2,1H3;1H/q+1;/p-1. The van der Waals surface area contributed by atoms with Gasteiger partial charge < -0.3 is 21.7 Å². The van der Waals surface area contributed by atoms with Crippen LogP contribution in [0.2, 0.25) is 0 Å². The zero-order valence-electron chi connectivity index (χ0n) is 11.7. The number of ketones is 1. The lowest BCUT2D eigenvalue weighted by Crippen LogP contribution is -3.00. The predicted molar refractivity (Wildman–Crippen MR) is 73.4 cm³/mol. The largest absolute Gasteiger partial charge is 1.00 e. The molecule has 0 unspecified atom stereocenters. The van der Waals surface area contributed by atoms with Crippen LogP contribution in [0.1, 0.15) is 27.6 Å². The number of rotatable bonds is 5. The summed E-state index contributed by atoms with van der Waals surface area (Å²) in [5.74, 6) is -0.325. The second-order valence-electron chi connectivity index (χ2n) is 4.27. The van der Waals surface area contributed by atoms with Gasteiger partial charge in [-0.05, 0) is 6.92 Å². The number of aromatic nitrogens is 1. The van der Waals surface area contributed by atoms with Crippen molar-refractivity contribution in [2.24, 2.45) is 0 Å². The summed E-state index contributed by atoms with van der Waals surface area (Å²) in [6.07, 6.45) is 3.40. The molecule has 1 aromatic heterocycles. The summed E-state index contributed by atoms with van der Waals surface area (Å²) in [6.45, 7) is 2.35. The third kappa shape index (κ3) is 4.79. The average Bonchev–Trinajstić information content (AvgIpc) is 2.49. The van der Waals surface area contributed by atoms with E-state index >= 15 is 0 Å². The lowest BCUT2D eigenvalue weighted by molar-refractivity contribution is -0.683. The van der Waals surface area contributed by atoms with Crippen LogP contribution in [0.3, 0.4) is 0 Å². The molecule has 5 heteroatoms. The first-order valence-electron chi connectivity index (χ1n) is 6.45. The fraction of sp³-hybridized carbons (Fsp3) is 0.188. The molecule has 110 valence electrons. The summed E-state index contributed by atoms with van der Waals surface area (Å²) in [6, 6.07) is 12.4. The molecule has 0 bridgehead atoms. The van der Waals surface area contributed by atoms with E-state index in [1.54, 1.807) is 48.1 Å². The summed E-state index contributed by atoms with van der Waals surface area (Å²) < 4.78 is 6.64. The van der Waals surface area contributed by atoms with Crippen molar-refractivity contribution >= 4 is 11.8 Å². The van der Waals surface area contributed by atoms with Crippen LogP contribution in [0.4, 0.5) is 0 Å². The van der Waals surface area contributed by atoms with Gasteiger partial charge in [-0.2, -0.15) is 4.57 Å². The molecule has 0 saturated carbocycles. The zero-order chi connectivity index (χ0) is 14.4. The van der Waals surface area contributed by atoms with Gasteiger partial charge in [-0.1, -0.05) is 30.3 Å². The van der Waals surface area contributed by atoms with Crippen LogP contribution >= 0.6 is 0 Å². The zero-order valence-corrected chi connectivity index (χ0v) is 13.2. The molecule has 1 heterocycles. The number of halogens is 1. The van der Waals surface area contributed by atoms with Crippen molar-refractivity contribution in [1.29, 1.82) is 0 Å². The number of benzene rings is 1. The van der Waals surface area contributed by atoms with Gasteiger partial charge >= 0.3 is 5.97 Å². The van der Waals surface area contributed by atoms with E-state index in [4.69, 9.17) is 4.74 Å². The van der Waals surface area contributed by atoms with Gasteiger partial charge in [-0.15, -0.1) is 0 Å². The van der Waals surface area contributed by atoms with E-state index in [1.165, 1.54) is 0 Å². The molecule has 0 spiro atoms. The molecule has 0 fully saturated rings. The maximum absolute atomic E-state index is 12.0. The molecule has 1 aromatic carbocycles. The van der Waals surface area contributed by atoms with Crippen LogP contribution in [0.15, 0.2) is 54.9 Å². The lowest BCUT2D eigenvalue weighted by atomic mass is 10.1. The fourth-order valence-corrected chi connectivity index (χ4v) is 1.79. The quantitative estimate of drug-likeness (QED) is 0.397. The smallest absolute Gasteiger partial charge is 0.338 e. The van der Waals surface area contributed by atoms with Crippen LogP contribution in [-0.4, -0.2) is 18.4 Å². The Hall–Kier alpha value is -2.01. The van der Waals surface area contributed by atoms with Gasteiger partial charge in [0.25, 0.3) is 0 Å². The van der Waals surface area contributed by atoms with Crippen molar-refractivity contribution in [1.82, 2.24) is 0 Å². The van der Waals surface area contributed by atoms with Crippen molar-refractivity contribution in [3.05, 3.63) is 66.0 Å². The minimum atomic E-state index is -0.353. The van der Waals surface area contributed by atoms with E-state index in [0.717, 1.165) is 0 Å². The second-order valence-corrected chi connectivity index (χ2v) is 4.27. The first-order chi connectivity index (χ1) is 9.70. The summed E-state index contributed by atoms with van der Waals surface area (Å²) in [7, 11) is 0. The molecule has 0 aliphatic carbocycles. The number of nitrogens with zero attached hydrogens (tertiary/aromatic N) is 1. The highest BCUT2D eigenvalue weighted by molar-refractivity contribution is 5.95. The number of carbonyl (C=O) groups excluding carboxylic acids is 2. The topological polar surface area (TPSA) is 47.2 Å². The van der Waals surface area contributed by atoms with Crippen molar-refractivity contribution < 1.29 is 35.9 Å². The molecule has 0 saturated heterocycles. The van der Waals surface area contributed by atoms with Crippen LogP contribution < -0.4 is 21.5 Å². The second kappa shape index (κ2) is 8.32. The Labute approximate surface area is 134 Å². The number of pyridine rings is 1. The third-order valence-corrected chi connectivity index (χ3v) is 2.82. The monoisotopic (exact) mass is 349 g/mol. The SMILES string of the molecule is CCOC(=O)c1cc[n+](CC(=O)c2ccccc2)cc1.[Br-]. The van der Waals surface area contributed by atoms with Gasteiger partial charge in [-0.25, -0.2) is 4.79 Å².